The summed E-state index contributed by atoms with van der Waals surface area (Å²) in [4.78, 5) is 0. The Morgan fingerprint density at radius 3 is 3.06 bits per heavy atom. The topological polar surface area (TPSA) is 29.0 Å². The molecule has 1 aromatic heterocycles. The minimum absolute atomic E-state index is 0.162. The molecule has 1 saturated heterocycles. The average molecular weight is 247 g/mol. The predicted molar refractivity (Wildman–Crippen MR) is 71.2 cm³/mol. The molecule has 1 fully saturated rings. The van der Waals surface area contributed by atoms with E-state index < -0.39 is 0 Å². The standard InChI is InChI=1S/C14H18FN3/c1-18-9-10(6-12-8-16-4-5-17-12)13-7-11(15)2-3-14(13)18/h2-3,7,9,12,16-17H,4-6,8H2,1H3. The highest BCUT2D eigenvalue weighted by Gasteiger charge is 2.15. The lowest BCUT2D eigenvalue weighted by atomic mass is 10.0. The fourth-order valence-electron chi connectivity index (χ4n) is 2.73. The molecule has 1 aliphatic rings. The Morgan fingerprint density at radius 1 is 1.39 bits per heavy atom. The maximum atomic E-state index is 13.4. The van der Waals surface area contributed by atoms with Gasteiger partial charge in [-0.1, -0.05) is 0 Å². The zero-order valence-electron chi connectivity index (χ0n) is 10.5. The fraction of sp³-hybridized carbons (Fsp3) is 0.429. The molecule has 2 heterocycles. The third kappa shape index (κ3) is 2.13. The lowest BCUT2D eigenvalue weighted by Gasteiger charge is -2.24. The third-order valence-corrected chi connectivity index (χ3v) is 3.63. The Labute approximate surface area is 106 Å². The smallest absolute Gasteiger partial charge is 0.123 e. The highest BCUT2D eigenvalue weighted by Crippen LogP contribution is 2.23. The quantitative estimate of drug-likeness (QED) is 0.840. The van der Waals surface area contributed by atoms with Crippen LogP contribution in [0.4, 0.5) is 4.39 Å². The number of nitrogens with zero attached hydrogens (tertiary/aromatic N) is 1. The lowest BCUT2D eigenvalue weighted by molar-refractivity contribution is 0.417. The summed E-state index contributed by atoms with van der Waals surface area (Å²) in [6, 6.07) is 5.45. The van der Waals surface area contributed by atoms with Gasteiger partial charge >= 0.3 is 0 Å². The molecule has 2 N–H and O–H groups in total. The van der Waals surface area contributed by atoms with Crippen LogP contribution in [-0.2, 0) is 13.5 Å². The zero-order valence-corrected chi connectivity index (χ0v) is 10.5. The van der Waals surface area contributed by atoms with E-state index in [1.165, 1.54) is 11.6 Å². The molecule has 0 bridgehead atoms. The van der Waals surface area contributed by atoms with E-state index in [1.54, 1.807) is 6.07 Å². The molecule has 2 aromatic rings. The van der Waals surface area contributed by atoms with Crippen LogP contribution in [0.1, 0.15) is 5.56 Å². The zero-order chi connectivity index (χ0) is 12.5. The summed E-state index contributed by atoms with van der Waals surface area (Å²) in [6.07, 6.45) is 3.05. The number of hydrogen-bond acceptors (Lipinski definition) is 2. The Hall–Kier alpha value is -1.39. The van der Waals surface area contributed by atoms with Crippen molar-refractivity contribution in [2.45, 2.75) is 12.5 Å². The molecule has 18 heavy (non-hydrogen) atoms. The van der Waals surface area contributed by atoms with E-state index in [0.717, 1.165) is 37.0 Å². The van der Waals surface area contributed by atoms with Gasteiger partial charge in [0.2, 0.25) is 0 Å². The van der Waals surface area contributed by atoms with Crippen molar-refractivity contribution in [3.8, 4) is 0 Å². The number of aryl methyl sites for hydroxylation is 1. The number of hydrogen-bond donors (Lipinski definition) is 2. The van der Waals surface area contributed by atoms with Crippen LogP contribution in [0, 0.1) is 5.82 Å². The number of piperazine rings is 1. The van der Waals surface area contributed by atoms with Gasteiger partial charge in [0.1, 0.15) is 5.82 Å². The van der Waals surface area contributed by atoms with Crippen LogP contribution in [0.3, 0.4) is 0 Å². The molecule has 0 spiro atoms. The molecule has 0 amide bonds. The van der Waals surface area contributed by atoms with Crippen molar-refractivity contribution in [1.29, 1.82) is 0 Å². The second kappa shape index (κ2) is 4.71. The number of halogens is 1. The average Bonchev–Trinajstić information content (AvgIpc) is 2.67. The van der Waals surface area contributed by atoms with Gasteiger partial charge in [-0.05, 0) is 30.2 Å². The maximum absolute atomic E-state index is 13.4. The van der Waals surface area contributed by atoms with Crippen LogP contribution in [0.15, 0.2) is 24.4 Å². The molecule has 0 radical (unpaired) electrons. The lowest BCUT2D eigenvalue weighted by Crippen LogP contribution is -2.49. The van der Waals surface area contributed by atoms with Gasteiger partial charge in [-0.15, -0.1) is 0 Å². The molecular weight excluding hydrogens is 229 g/mol. The summed E-state index contributed by atoms with van der Waals surface area (Å²) in [7, 11) is 2.01. The summed E-state index contributed by atoms with van der Waals surface area (Å²) >= 11 is 0. The van der Waals surface area contributed by atoms with E-state index >= 15 is 0 Å². The van der Waals surface area contributed by atoms with Crippen molar-refractivity contribution in [1.82, 2.24) is 15.2 Å². The molecule has 1 aliphatic heterocycles. The number of nitrogens with one attached hydrogen (secondary N) is 2. The monoisotopic (exact) mass is 247 g/mol. The van der Waals surface area contributed by atoms with E-state index in [9.17, 15) is 4.39 Å². The van der Waals surface area contributed by atoms with E-state index in [2.05, 4.69) is 21.4 Å². The van der Waals surface area contributed by atoms with Crippen LogP contribution >= 0.6 is 0 Å². The third-order valence-electron chi connectivity index (χ3n) is 3.63. The molecule has 1 unspecified atom stereocenters. The van der Waals surface area contributed by atoms with E-state index in [1.807, 2.05) is 13.1 Å². The number of aromatic nitrogens is 1. The van der Waals surface area contributed by atoms with Crippen molar-refractivity contribution in [2.75, 3.05) is 19.6 Å². The number of rotatable bonds is 2. The number of fused-ring (bicyclic) bond motifs is 1. The van der Waals surface area contributed by atoms with Gasteiger partial charge < -0.3 is 15.2 Å². The second-order valence-electron chi connectivity index (χ2n) is 4.99. The SMILES string of the molecule is Cn1cc(CC2CNCCN2)c2cc(F)ccc21. The molecule has 3 rings (SSSR count). The van der Waals surface area contributed by atoms with E-state index in [-0.39, 0.29) is 5.82 Å². The van der Waals surface area contributed by atoms with Gasteiger partial charge in [0.25, 0.3) is 0 Å². The first kappa shape index (κ1) is 11.7. The molecule has 0 saturated carbocycles. The largest absolute Gasteiger partial charge is 0.350 e. The normalized spacial score (nSPS) is 20.4. The van der Waals surface area contributed by atoms with Gasteiger partial charge in [-0.3, -0.25) is 0 Å². The molecule has 3 nitrogen and oxygen atoms in total. The highest BCUT2D eigenvalue weighted by molar-refractivity contribution is 5.84. The highest BCUT2D eigenvalue weighted by atomic mass is 19.1. The maximum Gasteiger partial charge on any atom is 0.123 e. The van der Waals surface area contributed by atoms with Gasteiger partial charge in [0, 0.05) is 49.8 Å². The van der Waals surface area contributed by atoms with Gasteiger partial charge in [-0.25, -0.2) is 4.39 Å². The summed E-state index contributed by atoms with van der Waals surface area (Å²) in [5.41, 5.74) is 2.31. The Bertz CT molecular complexity index is 555. The van der Waals surface area contributed by atoms with E-state index in [0.29, 0.717) is 6.04 Å². The molecule has 0 aliphatic carbocycles. The first-order valence-corrected chi connectivity index (χ1v) is 6.41. The molecular formula is C14H18FN3. The van der Waals surface area contributed by atoms with Crippen LogP contribution in [0.2, 0.25) is 0 Å². The van der Waals surface area contributed by atoms with Crippen LogP contribution < -0.4 is 10.6 Å². The molecule has 96 valence electrons. The van der Waals surface area contributed by atoms with Crippen LogP contribution in [0.25, 0.3) is 10.9 Å². The van der Waals surface area contributed by atoms with Crippen molar-refractivity contribution in [3.63, 3.8) is 0 Å². The predicted octanol–water partition coefficient (Wildman–Crippen LogP) is 1.42. The Kier molecular flexibility index (Phi) is 3.06. The van der Waals surface area contributed by atoms with Gasteiger partial charge in [0.05, 0.1) is 0 Å². The first-order chi connectivity index (χ1) is 8.74. The van der Waals surface area contributed by atoms with Crippen LogP contribution in [-0.4, -0.2) is 30.2 Å². The van der Waals surface area contributed by atoms with Crippen molar-refractivity contribution < 1.29 is 4.39 Å². The summed E-state index contributed by atoms with van der Waals surface area (Å²) < 4.78 is 15.4. The summed E-state index contributed by atoms with van der Waals surface area (Å²) in [6.45, 7) is 3.01. The Balaban J connectivity index is 1.93. The number of benzene rings is 1. The van der Waals surface area contributed by atoms with Crippen LogP contribution in [0.5, 0.6) is 0 Å². The van der Waals surface area contributed by atoms with E-state index in [4.69, 9.17) is 0 Å². The minimum atomic E-state index is -0.162. The Morgan fingerprint density at radius 2 is 2.28 bits per heavy atom. The molecule has 1 atom stereocenters. The fourth-order valence-corrected chi connectivity index (χ4v) is 2.73. The minimum Gasteiger partial charge on any atom is -0.350 e. The second-order valence-corrected chi connectivity index (χ2v) is 4.99. The summed E-state index contributed by atoms with van der Waals surface area (Å²) in [5.74, 6) is -0.162. The first-order valence-electron chi connectivity index (χ1n) is 6.41. The van der Waals surface area contributed by atoms with Crippen molar-refractivity contribution in [3.05, 3.63) is 35.8 Å². The molecule has 4 heteroatoms. The van der Waals surface area contributed by atoms with Gasteiger partial charge in [-0.2, -0.15) is 0 Å². The van der Waals surface area contributed by atoms with Gasteiger partial charge in [0.15, 0.2) is 0 Å². The molecule has 1 aromatic carbocycles. The van der Waals surface area contributed by atoms with Crippen molar-refractivity contribution in [2.24, 2.45) is 7.05 Å². The van der Waals surface area contributed by atoms with Crippen molar-refractivity contribution >= 4 is 10.9 Å². The summed E-state index contributed by atoms with van der Waals surface area (Å²) in [5, 5.41) is 7.90.